The number of hydrogen-bond donors (Lipinski definition) is 1. The number of benzene rings is 1. The van der Waals surface area contributed by atoms with Gasteiger partial charge in [0.1, 0.15) is 11.5 Å². The summed E-state index contributed by atoms with van der Waals surface area (Å²) >= 11 is 0. The lowest BCUT2D eigenvalue weighted by Gasteiger charge is -2.11. The quantitative estimate of drug-likeness (QED) is 0.478. The van der Waals surface area contributed by atoms with E-state index in [1.165, 1.54) is 12.1 Å². The molecule has 0 radical (unpaired) electrons. The molecule has 0 unspecified atom stereocenters. The Hall–Kier alpha value is -2.69. The summed E-state index contributed by atoms with van der Waals surface area (Å²) in [6.07, 6.45) is 7.17. The molecular formula is C14H11F4NO3. The highest BCUT2D eigenvalue weighted by Crippen LogP contribution is 2.28. The summed E-state index contributed by atoms with van der Waals surface area (Å²) in [4.78, 5) is 11.3. The van der Waals surface area contributed by atoms with E-state index in [1.807, 2.05) is 0 Å². The molecule has 1 aromatic carbocycles. The van der Waals surface area contributed by atoms with Crippen LogP contribution in [-0.4, -0.2) is 25.7 Å². The molecule has 0 aromatic heterocycles. The Morgan fingerprint density at radius 1 is 1.27 bits per heavy atom. The van der Waals surface area contributed by atoms with Gasteiger partial charge in [0.2, 0.25) is 5.91 Å². The average molecular weight is 317 g/mol. The molecule has 1 rings (SSSR count). The van der Waals surface area contributed by atoms with Gasteiger partial charge >= 0.3 is 13.2 Å². The van der Waals surface area contributed by atoms with Gasteiger partial charge in [-0.15, -0.1) is 6.42 Å². The smallest absolute Gasteiger partial charge is 0.387 e. The lowest BCUT2D eigenvalue weighted by Crippen LogP contribution is -2.20. The number of halogens is 4. The lowest BCUT2D eigenvalue weighted by molar-refractivity contribution is -0.116. The largest absolute Gasteiger partial charge is 0.435 e. The highest BCUT2D eigenvalue weighted by Gasteiger charge is 2.12. The van der Waals surface area contributed by atoms with Gasteiger partial charge in [-0.25, -0.2) is 0 Å². The van der Waals surface area contributed by atoms with Crippen LogP contribution in [0.5, 0.6) is 11.5 Å². The molecule has 0 aliphatic rings. The van der Waals surface area contributed by atoms with Crippen LogP contribution in [0.4, 0.5) is 17.6 Å². The van der Waals surface area contributed by atoms with Crippen molar-refractivity contribution in [2.75, 3.05) is 6.54 Å². The second-order valence-corrected chi connectivity index (χ2v) is 3.71. The van der Waals surface area contributed by atoms with Gasteiger partial charge in [0.05, 0.1) is 6.54 Å². The van der Waals surface area contributed by atoms with Crippen molar-refractivity contribution in [2.24, 2.45) is 0 Å². The Kier molecular flexibility index (Phi) is 6.76. The Labute approximate surface area is 123 Å². The zero-order valence-electron chi connectivity index (χ0n) is 11.1. The predicted octanol–water partition coefficient (Wildman–Crippen LogP) is 2.65. The van der Waals surface area contributed by atoms with E-state index in [0.29, 0.717) is 0 Å². The number of ether oxygens (including phenoxy) is 2. The van der Waals surface area contributed by atoms with E-state index in [0.717, 1.165) is 18.2 Å². The molecule has 0 fully saturated rings. The van der Waals surface area contributed by atoms with E-state index < -0.39 is 24.9 Å². The van der Waals surface area contributed by atoms with Crippen LogP contribution in [0.25, 0.3) is 6.08 Å². The highest BCUT2D eigenvalue weighted by molar-refractivity contribution is 5.92. The normalized spacial score (nSPS) is 10.8. The zero-order chi connectivity index (χ0) is 16.5. The van der Waals surface area contributed by atoms with Crippen molar-refractivity contribution in [3.8, 4) is 23.8 Å². The van der Waals surface area contributed by atoms with E-state index in [9.17, 15) is 22.4 Å². The predicted molar refractivity (Wildman–Crippen MR) is 70.6 cm³/mol. The molecule has 4 nitrogen and oxygen atoms in total. The van der Waals surface area contributed by atoms with Crippen molar-refractivity contribution < 1.29 is 31.8 Å². The first-order valence-electron chi connectivity index (χ1n) is 5.85. The maximum Gasteiger partial charge on any atom is 0.387 e. The number of hydrogen-bond acceptors (Lipinski definition) is 3. The molecule has 0 heterocycles. The Balaban J connectivity index is 2.94. The summed E-state index contributed by atoms with van der Waals surface area (Å²) in [7, 11) is 0. The van der Waals surface area contributed by atoms with Gasteiger partial charge in [-0.05, 0) is 18.2 Å². The van der Waals surface area contributed by atoms with Crippen molar-refractivity contribution >= 4 is 12.0 Å². The van der Waals surface area contributed by atoms with Gasteiger partial charge in [-0.3, -0.25) is 4.79 Å². The monoisotopic (exact) mass is 317 g/mol. The molecule has 0 aliphatic carbocycles. The van der Waals surface area contributed by atoms with Gasteiger partial charge in [0.15, 0.2) is 0 Å². The van der Waals surface area contributed by atoms with E-state index in [4.69, 9.17) is 6.42 Å². The molecule has 0 spiro atoms. The molecule has 1 amide bonds. The molecule has 0 saturated carbocycles. The lowest BCUT2D eigenvalue weighted by atomic mass is 10.1. The van der Waals surface area contributed by atoms with E-state index in [1.54, 1.807) is 0 Å². The number of alkyl halides is 4. The van der Waals surface area contributed by atoms with Crippen LogP contribution in [0.15, 0.2) is 24.3 Å². The number of amides is 1. The van der Waals surface area contributed by atoms with Crippen molar-refractivity contribution in [1.29, 1.82) is 0 Å². The van der Waals surface area contributed by atoms with Crippen LogP contribution in [0.1, 0.15) is 5.56 Å². The van der Waals surface area contributed by atoms with E-state index in [-0.39, 0.29) is 17.9 Å². The Bertz CT molecular complexity index is 582. The second kappa shape index (κ2) is 8.56. The number of rotatable bonds is 7. The number of carbonyl (C=O) groups is 1. The van der Waals surface area contributed by atoms with E-state index in [2.05, 4.69) is 20.7 Å². The summed E-state index contributed by atoms with van der Waals surface area (Å²) in [6.45, 7) is -6.26. The molecule has 8 heteroatoms. The molecule has 0 bridgehead atoms. The Morgan fingerprint density at radius 3 is 2.55 bits per heavy atom. The summed E-state index contributed by atoms with van der Waals surface area (Å²) in [6, 6.07) is 3.20. The van der Waals surface area contributed by atoms with Gasteiger partial charge in [-0.1, -0.05) is 5.92 Å². The second-order valence-electron chi connectivity index (χ2n) is 3.71. The molecule has 1 N–H and O–H groups in total. The zero-order valence-corrected chi connectivity index (χ0v) is 11.1. The van der Waals surface area contributed by atoms with E-state index >= 15 is 0 Å². The molecule has 22 heavy (non-hydrogen) atoms. The summed E-state index contributed by atoms with van der Waals surface area (Å²) in [5.74, 6) is 0.879. The van der Waals surface area contributed by atoms with Crippen molar-refractivity contribution in [3.05, 3.63) is 29.8 Å². The number of terminal acetylenes is 1. The van der Waals surface area contributed by atoms with Crippen LogP contribution in [0.2, 0.25) is 0 Å². The fourth-order valence-corrected chi connectivity index (χ4v) is 1.39. The first kappa shape index (κ1) is 17.4. The maximum absolute atomic E-state index is 12.3. The molecule has 0 aliphatic heterocycles. The number of nitrogens with one attached hydrogen (secondary N) is 1. The van der Waals surface area contributed by atoms with Crippen LogP contribution in [0, 0.1) is 12.3 Å². The Morgan fingerprint density at radius 2 is 1.95 bits per heavy atom. The standard InChI is InChI=1S/C14H11F4NO3/c1-2-7-19-12(20)6-4-9-3-5-10(21-13(15)16)8-11(9)22-14(17)18/h1,3-6,8,13-14H,7H2,(H,19,20). The molecule has 0 saturated heterocycles. The minimum absolute atomic E-state index is 0.00469. The molecule has 1 aromatic rings. The van der Waals surface area contributed by atoms with Gasteiger partial charge in [0, 0.05) is 17.7 Å². The minimum atomic E-state index is -3.16. The van der Waals surface area contributed by atoms with Crippen LogP contribution in [-0.2, 0) is 4.79 Å². The topological polar surface area (TPSA) is 47.6 Å². The SMILES string of the molecule is C#CCNC(=O)C=Cc1ccc(OC(F)F)cc1OC(F)F. The molecule has 0 atom stereocenters. The van der Waals surface area contributed by atoms with Crippen LogP contribution in [0.3, 0.4) is 0 Å². The van der Waals surface area contributed by atoms with Crippen LogP contribution >= 0.6 is 0 Å². The first-order valence-corrected chi connectivity index (χ1v) is 5.85. The average Bonchev–Trinajstić information content (AvgIpc) is 2.43. The molecule has 118 valence electrons. The minimum Gasteiger partial charge on any atom is -0.435 e. The number of carbonyl (C=O) groups excluding carboxylic acids is 1. The van der Waals surface area contributed by atoms with Crippen molar-refractivity contribution in [3.63, 3.8) is 0 Å². The third-order valence-corrected chi connectivity index (χ3v) is 2.21. The fraction of sp³-hybridized carbons (Fsp3) is 0.214. The van der Waals surface area contributed by atoms with Gasteiger partial charge in [-0.2, -0.15) is 17.6 Å². The highest BCUT2D eigenvalue weighted by atomic mass is 19.3. The third kappa shape index (κ3) is 6.17. The van der Waals surface area contributed by atoms with Crippen molar-refractivity contribution in [2.45, 2.75) is 13.2 Å². The van der Waals surface area contributed by atoms with Gasteiger partial charge in [0.25, 0.3) is 0 Å². The summed E-state index contributed by atoms with van der Waals surface area (Å²) < 4.78 is 57.1. The maximum atomic E-state index is 12.3. The third-order valence-electron chi connectivity index (χ3n) is 2.21. The molecular weight excluding hydrogens is 306 g/mol. The summed E-state index contributed by atoms with van der Waals surface area (Å²) in [5.41, 5.74) is 0.0813. The van der Waals surface area contributed by atoms with Crippen LogP contribution < -0.4 is 14.8 Å². The van der Waals surface area contributed by atoms with Gasteiger partial charge < -0.3 is 14.8 Å². The summed E-state index contributed by atoms with van der Waals surface area (Å²) in [5, 5.41) is 2.33. The van der Waals surface area contributed by atoms with Crippen molar-refractivity contribution in [1.82, 2.24) is 5.32 Å². The fourth-order valence-electron chi connectivity index (χ4n) is 1.39. The first-order chi connectivity index (χ1) is 10.4.